The predicted molar refractivity (Wildman–Crippen MR) is 91.9 cm³/mol. The number of hydrogen-bond donors (Lipinski definition) is 0. The zero-order valence-corrected chi connectivity index (χ0v) is 14.0. The van der Waals surface area contributed by atoms with Gasteiger partial charge >= 0.3 is 6.03 Å². The van der Waals surface area contributed by atoms with E-state index in [-0.39, 0.29) is 17.9 Å². The maximum absolute atomic E-state index is 12.8. The molecule has 1 unspecified atom stereocenters. The standard InChI is InChI=1S/C17H22N4O3/c1-13(2)18-10-4-3-5-16(18)20-12-11-19(17(20)22)14-6-8-15(9-7-14)21(23)24/h3,5-9,13,16H,4,10-12H2,1-2H3. The minimum Gasteiger partial charge on any atom is -0.303 e. The summed E-state index contributed by atoms with van der Waals surface area (Å²) >= 11 is 0. The Labute approximate surface area is 141 Å². The molecule has 24 heavy (non-hydrogen) atoms. The van der Waals surface area contributed by atoms with Crippen molar-refractivity contribution in [3.8, 4) is 0 Å². The molecule has 128 valence electrons. The minimum absolute atomic E-state index is 0.0192. The smallest absolute Gasteiger partial charge is 0.303 e. The molecule has 0 aliphatic carbocycles. The van der Waals surface area contributed by atoms with Crippen LogP contribution >= 0.6 is 0 Å². The quantitative estimate of drug-likeness (QED) is 0.483. The first kappa shape index (κ1) is 16.4. The number of nitrogens with zero attached hydrogens (tertiary/aromatic N) is 4. The molecule has 7 nitrogen and oxygen atoms in total. The van der Waals surface area contributed by atoms with Gasteiger partial charge in [-0.15, -0.1) is 0 Å². The van der Waals surface area contributed by atoms with Gasteiger partial charge < -0.3 is 4.90 Å². The summed E-state index contributed by atoms with van der Waals surface area (Å²) in [5, 5.41) is 10.8. The lowest BCUT2D eigenvalue weighted by atomic mass is 10.1. The summed E-state index contributed by atoms with van der Waals surface area (Å²) in [6, 6.07) is 6.46. The first-order valence-corrected chi connectivity index (χ1v) is 8.24. The number of rotatable bonds is 4. The fourth-order valence-electron chi connectivity index (χ4n) is 3.32. The molecule has 1 atom stereocenters. The average molecular weight is 330 g/mol. The average Bonchev–Trinajstić information content (AvgIpc) is 2.96. The summed E-state index contributed by atoms with van der Waals surface area (Å²) in [5.74, 6) is 0. The molecule has 1 fully saturated rings. The van der Waals surface area contributed by atoms with E-state index >= 15 is 0 Å². The number of amides is 2. The molecule has 0 aromatic heterocycles. The van der Waals surface area contributed by atoms with Crippen molar-refractivity contribution in [2.24, 2.45) is 0 Å². The van der Waals surface area contributed by atoms with Gasteiger partial charge in [-0.2, -0.15) is 0 Å². The van der Waals surface area contributed by atoms with Crippen LogP contribution in [0.15, 0.2) is 36.4 Å². The van der Waals surface area contributed by atoms with Gasteiger partial charge in [0.15, 0.2) is 0 Å². The molecule has 2 aliphatic heterocycles. The fourth-order valence-corrected chi connectivity index (χ4v) is 3.32. The molecule has 1 aromatic rings. The molecule has 1 saturated heterocycles. The highest BCUT2D eigenvalue weighted by atomic mass is 16.6. The number of hydrogen-bond acceptors (Lipinski definition) is 4. The SMILES string of the molecule is CC(C)N1CCC=CC1N1CCN(c2ccc([N+](=O)[O-])cc2)C1=O. The Hall–Kier alpha value is -2.41. The number of benzene rings is 1. The molecule has 0 saturated carbocycles. The number of non-ortho nitro benzene ring substituents is 1. The van der Waals surface area contributed by atoms with Crippen molar-refractivity contribution < 1.29 is 9.72 Å². The van der Waals surface area contributed by atoms with E-state index in [4.69, 9.17) is 0 Å². The van der Waals surface area contributed by atoms with Gasteiger partial charge in [-0.05, 0) is 32.4 Å². The van der Waals surface area contributed by atoms with Gasteiger partial charge in [-0.3, -0.25) is 19.9 Å². The van der Waals surface area contributed by atoms with Crippen LogP contribution in [0.25, 0.3) is 0 Å². The van der Waals surface area contributed by atoms with Crippen molar-refractivity contribution in [3.05, 3.63) is 46.5 Å². The molecule has 7 heteroatoms. The highest BCUT2D eigenvalue weighted by molar-refractivity contribution is 5.94. The number of nitro benzene ring substituents is 1. The third kappa shape index (κ3) is 2.99. The lowest BCUT2D eigenvalue weighted by Crippen LogP contribution is -2.53. The van der Waals surface area contributed by atoms with Gasteiger partial charge in [0.2, 0.25) is 0 Å². The number of carbonyl (C=O) groups is 1. The molecule has 0 radical (unpaired) electrons. The summed E-state index contributed by atoms with van der Waals surface area (Å²) in [6.07, 6.45) is 5.21. The Morgan fingerprint density at radius 1 is 1.17 bits per heavy atom. The Kier molecular flexibility index (Phi) is 4.53. The van der Waals surface area contributed by atoms with Crippen molar-refractivity contribution >= 4 is 17.4 Å². The molecule has 2 aliphatic rings. The number of carbonyl (C=O) groups excluding carboxylic acids is 1. The summed E-state index contributed by atoms with van der Waals surface area (Å²) in [7, 11) is 0. The van der Waals surface area contributed by atoms with Gasteiger partial charge in [0.1, 0.15) is 6.17 Å². The van der Waals surface area contributed by atoms with E-state index < -0.39 is 4.92 Å². The second-order valence-corrected chi connectivity index (χ2v) is 6.36. The summed E-state index contributed by atoms with van der Waals surface area (Å²) in [6.45, 7) is 6.46. The van der Waals surface area contributed by atoms with Crippen LogP contribution in [0.3, 0.4) is 0 Å². The highest BCUT2D eigenvalue weighted by Gasteiger charge is 2.37. The Morgan fingerprint density at radius 3 is 2.50 bits per heavy atom. The molecule has 1 aromatic carbocycles. The first-order chi connectivity index (χ1) is 11.5. The lowest BCUT2D eigenvalue weighted by Gasteiger charge is -2.40. The third-order valence-corrected chi connectivity index (χ3v) is 4.60. The number of urea groups is 1. The molecular formula is C17H22N4O3. The van der Waals surface area contributed by atoms with Gasteiger partial charge in [0.05, 0.1) is 4.92 Å². The van der Waals surface area contributed by atoms with Crippen LogP contribution < -0.4 is 4.90 Å². The molecule has 0 N–H and O–H groups in total. The van der Waals surface area contributed by atoms with E-state index in [0.29, 0.717) is 24.8 Å². The molecule has 3 rings (SSSR count). The normalized spacial score (nSPS) is 21.8. The zero-order chi connectivity index (χ0) is 17.3. The van der Waals surface area contributed by atoms with Crippen molar-refractivity contribution in [1.29, 1.82) is 0 Å². The minimum atomic E-state index is -0.435. The summed E-state index contributed by atoms with van der Waals surface area (Å²) in [5.41, 5.74) is 0.729. The topological polar surface area (TPSA) is 69.9 Å². The lowest BCUT2D eigenvalue weighted by molar-refractivity contribution is -0.384. The molecule has 0 bridgehead atoms. The zero-order valence-electron chi connectivity index (χ0n) is 14.0. The maximum Gasteiger partial charge on any atom is 0.326 e. The van der Waals surface area contributed by atoms with Crippen LogP contribution in [-0.2, 0) is 0 Å². The van der Waals surface area contributed by atoms with E-state index in [9.17, 15) is 14.9 Å². The van der Waals surface area contributed by atoms with E-state index in [1.54, 1.807) is 17.0 Å². The second-order valence-electron chi connectivity index (χ2n) is 6.36. The monoisotopic (exact) mass is 330 g/mol. The van der Waals surface area contributed by atoms with Crippen LogP contribution in [0.2, 0.25) is 0 Å². The van der Waals surface area contributed by atoms with Crippen LogP contribution in [0, 0.1) is 10.1 Å². The van der Waals surface area contributed by atoms with E-state index in [0.717, 1.165) is 13.0 Å². The number of nitro groups is 1. The van der Waals surface area contributed by atoms with E-state index in [1.807, 2.05) is 4.90 Å². The Balaban J connectivity index is 1.78. The van der Waals surface area contributed by atoms with Crippen LogP contribution in [0.1, 0.15) is 20.3 Å². The van der Waals surface area contributed by atoms with Crippen LogP contribution in [-0.4, -0.2) is 52.6 Å². The summed E-state index contributed by atoms with van der Waals surface area (Å²) < 4.78 is 0. The van der Waals surface area contributed by atoms with Gasteiger partial charge in [-0.1, -0.05) is 12.2 Å². The van der Waals surface area contributed by atoms with E-state index in [1.165, 1.54) is 12.1 Å². The van der Waals surface area contributed by atoms with Crippen molar-refractivity contribution in [1.82, 2.24) is 9.80 Å². The Bertz CT molecular complexity index is 656. The van der Waals surface area contributed by atoms with Crippen molar-refractivity contribution in [2.75, 3.05) is 24.5 Å². The molecule has 0 spiro atoms. The highest BCUT2D eigenvalue weighted by Crippen LogP contribution is 2.27. The van der Waals surface area contributed by atoms with Gasteiger partial charge in [0.25, 0.3) is 5.69 Å². The molecule has 2 amide bonds. The van der Waals surface area contributed by atoms with Crippen molar-refractivity contribution in [2.45, 2.75) is 32.5 Å². The maximum atomic E-state index is 12.8. The molecule has 2 heterocycles. The second kappa shape index (κ2) is 6.60. The van der Waals surface area contributed by atoms with Crippen molar-refractivity contribution in [3.63, 3.8) is 0 Å². The van der Waals surface area contributed by atoms with E-state index in [2.05, 4.69) is 30.9 Å². The fraction of sp³-hybridized carbons (Fsp3) is 0.471. The van der Waals surface area contributed by atoms with Gasteiger partial charge in [-0.25, -0.2) is 4.79 Å². The first-order valence-electron chi connectivity index (χ1n) is 8.24. The Morgan fingerprint density at radius 2 is 1.88 bits per heavy atom. The number of anilines is 1. The van der Waals surface area contributed by atoms with Crippen LogP contribution in [0.5, 0.6) is 0 Å². The largest absolute Gasteiger partial charge is 0.326 e. The summed E-state index contributed by atoms with van der Waals surface area (Å²) in [4.78, 5) is 29.0. The third-order valence-electron chi connectivity index (χ3n) is 4.60. The predicted octanol–water partition coefficient (Wildman–Crippen LogP) is 2.83. The van der Waals surface area contributed by atoms with Crippen LogP contribution in [0.4, 0.5) is 16.2 Å². The van der Waals surface area contributed by atoms with Gasteiger partial charge in [0, 0.05) is 43.5 Å². The molecular weight excluding hydrogens is 308 g/mol.